The lowest BCUT2D eigenvalue weighted by Crippen LogP contribution is -2.16. The number of esters is 1. The molecular weight excluding hydrogens is 186 g/mol. The summed E-state index contributed by atoms with van der Waals surface area (Å²) in [5.41, 5.74) is 5.39. The van der Waals surface area contributed by atoms with Crippen LogP contribution in [0.15, 0.2) is 6.20 Å². The van der Waals surface area contributed by atoms with Gasteiger partial charge >= 0.3 is 5.97 Å². The van der Waals surface area contributed by atoms with Crippen molar-refractivity contribution in [1.82, 2.24) is 9.78 Å². The molecule has 6 nitrogen and oxygen atoms in total. The van der Waals surface area contributed by atoms with Crippen molar-refractivity contribution in [2.45, 2.75) is 0 Å². The van der Waals surface area contributed by atoms with E-state index in [0.29, 0.717) is 0 Å². The van der Waals surface area contributed by atoms with Gasteiger partial charge in [0, 0.05) is 13.2 Å². The Balaban J connectivity index is 3.15. The molecule has 1 rings (SSSR count). The van der Waals surface area contributed by atoms with Crippen molar-refractivity contribution in [3.63, 3.8) is 0 Å². The smallest absolute Gasteiger partial charge is 0.359 e. The van der Waals surface area contributed by atoms with Crippen LogP contribution in [0, 0.1) is 0 Å². The molecule has 0 atom stereocenters. The van der Waals surface area contributed by atoms with Crippen molar-refractivity contribution in [1.29, 1.82) is 0 Å². The van der Waals surface area contributed by atoms with Crippen LogP contribution in [-0.2, 0) is 11.8 Å². The Morgan fingerprint density at radius 2 is 2.29 bits per heavy atom. The molecule has 76 valence electrons. The minimum absolute atomic E-state index is 0.00505. The second-order valence-electron chi connectivity index (χ2n) is 2.68. The first kappa shape index (κ1) is 10.4. The van der Waals surface area contributed by atoms with Crippen LogP contribution in [0.2, 0.25) is 0 Å². The van der Waals surface area contributed by atoms with Gasteiger partial charge < -0.3 is 10.5 Å². The Labute approximate surface area is 80.6 Å². The number of aryl methyl sites for hydroxylation is 1. The van der Waals surface area contributed by atoms with E-state index < -0.39 is 5.97 Å². The summed E-state index contributed by atoms with van der Waals surface area (Å²) in [4.78, 5) is 22.5. The first-order chi connectivity index (χ1) is 6.60. The largest absolute Gasteiger partial charge is 0.464 e. The van der Waals surface area contributed by atoms with E-state index in [1.54, 1.807) is 7.05 Å². The Morgan fingerprint density at radius 1 is 1.64 bits per heavy atom. The molecule has 0 aliphatic rings. The molecule has 0 fully saturated rings. The molecule has 6 heteroatoms. The Bertz CT molecular complexity index is 336. The van der Waals surface area contributed by atoms with E-state index in [1.807, 2.05) is 0 Å². The molecule has 1 heterocycles. The molecule has 0 aromatic carbocycles. The first-order valence-electron chi connectivity index (χ1n) is 3.95. The molecule has 0 aliphatic carbocycles. The summed E-state index contributed by atoms with van der Waals surface area (Å²) in [5, 5.41) is 3.82. The maximum absolute atomic E-state index is 11.3. The van der Waals surface area contributed by atoms with Crippen LogP contribution in [0.3, 0.4) is 0 Å². The van der Waals surface area contributed by atoms with Crippen molar-refractivity contribution in [3.8, 4) is 0 Å². The molecule has 0 spiro atoms. The van der Waals surface area contributed by atoms with Crippen molar-refractivity contribution in [2.24, 2.45) is 12.8 Å². The highest BCUT2D eigenvalue weighted by Crippen LogP contribution is 2.07. The second-order valence-corrected chi connectivity index (χ2v) is 2.68. The van der Waals surface area contributed by atoms with Crippen LogP contribution in [0.4, 0.5) is 0 Å². The van der Waals surface area contributed by atoms with Crippen LogP contribution < -0.4 is 5.73 Å². The summed E-state index contributed by atoms with van der Waals surface area (Å²) in [5.74, 6) is -0.971. The monoisotopic (exact) mass is 197 g/mol. The number of hydrogen-bond acceptors (Lipinski definition) is 5. The van der Waals surface area contributed by atoms with E-state index in [9.17, 15) is 9.59 Å². The van der Waals surface area contributed by atoms with Crippen molar-refractivity contribution < 1.29 is 14.3 Å². The number of methoxy groups -OCH3 is 1. The molecule has 1 aromatic heterocycles. The zero-order valence-corrected chi connectivity index (χ0v) is 7.98. The third-order valence-electron chi connectivity index (χ3n) is 1.69. The normalized spacial score (nSPS) is 9.93. The van der Waals surface area contributed by atoms with E-state index in [-0.39, 0.29) is 23.6 Å². The SMILES string of the molecule is COC(=O)c1nn(C)cc1C(=O)CN. The van der Waals surface area contributed by atoms with Crippen molar-refractivity contribution in [2.75, 3.05) is 13.7 Å². The Morgan fingerprint density at radius 3 is 2.79 bits per heavy atom. The molecule has 0 saturated heterocycles. The van der Waals surface area contributed by atoms with Gasteiger partial charge in [0.05, 0.1) is 19.2 Å². The number of ether oxygens (including phenoxy) is 1. The van der Waals surface area contributed by atoms with Gasteiger partial charge in [0.1, 0.15) is 0 Å². The number of nitrogens with two attached hydrogens (primary N) is 1. The topological polar surface area (TPSA) is 87.2 Å². The van der Waals surface area contributed by atoms with Crippen LogP contribution in [0.25, 0.3) is 0 Å². The number of aromatic nitrogens is 2. The van der Waals surface area contributed by atoms with E-state index in [4.69, 9.17) is 5.73 Å². The molecule has 0 amide bonds. The molecule has 0 unspecified atom stereocenters. The molecule has 14 heavy (non-hydrogen) atoms. The zero-order chi connectivity index (χ0) is 10.7. The van der Waals surface area contributed by atoms with E-state index in [1.165, 1.54) is 18.0 Å². The lowest BCUT2D eigenvalue weighted by Gasteiger charge is -1.96. The zero-order valence-electron chi connectivity index (χ0n) is 7.98. The predicted octanol–water partition coefficient (Wildman–Crippen LogP) is -0.652. The molecule has 0 bridgehead atoms. The lowest BCUT2D eigenvalue weighted by molar-refractivity contribution is 0.0589. The van der Waals surface area contributed by atoms with Crippen LogP contribution >= 0.6 is 0 Å². The standard InChI is InChI=1S/C8H11N3O3/c1-11-4-5(6(12)3-9)7(10-11)8(13)14-2/h4H,3,9H2,1-2H3. The number of rotatable bonds is 3. The van der Waals surface area contributed by atoms with Gasteiger partial charge in [0.25, 0.3) is 0 Å². The minimum Gasteiger partial charge on any atom is -0.464 e. The van der Waals surface area contributed by atoms with Crippen LogP contribution in [-0.4, -0.2) is 35.2 Å². The van der Waals surface area contributed by atoms with E-state index in [0.717, 1.165) is 0 Å². The summed E-state index contributed by atoms with van der Waals surface area (Å²) in [6, 6.07) is 0. The second kappa shape index (κ2) is 4.01. The average Bonchev–Trinajstić information content (AvgIpc) is 2.58. The fourth-order valence-corrected chi connectivity index (χ4v) is 1.05. The first-order valence-corrected chi connectivity index (χ1v) is 3.95. The summed E-state index contributed by atoms with van der Waals surface area (Å²) < 4.78 is 5.85. The van der Waals surface area contributed by atoms with Gasteiger partial charge in [-0.25, -0.2) is 4.79 Å². The van der Waals surface area contributed by atoms with Gasteiger partial charge in [-0.3, -0.25) is 9.48 Å². The third-order valence-corrected chi connectivity index (χ3v) is 1.69. The fraction of sp³-hybridized carbons (Fsp3) is 0.375. The van der Waals surface area contributed by atoms with E-state index in [2.05, 4.69) is 9.84 Å². The maximum atomic E-state index is 11.3. The number of nitrogens with zero attached hydrogens (tertiary/aromatic N) is 2. The number of carbonyl (C=O) groups excluding carboxylic acids is 2. The maximum Gasteiger partial charge on any atom is 0.359 e. The quantitative estimate of drug-likeness (QED) is 0.513. The number of carbonyl (C=O) groups is 2. The van der Waals surface area contributed by atoms with Gasteiger partial charge in [-0.2, -0.15) is 5.10 Å². The highest BCUT2D eigenvalue weighted by Gasteiger charge is 2.20. The predicted molar refractivity (Wildman–Crippen MR) is 47.9 cm³/mol. The molecular formula is C8H11N3O3. The lowest BCUT2D eigenvalue weighted by atomic mass is 10.1. The molecule has 0 radical (unpaired) electrons. The average molecular weight is 197 g/mol. The fourth-order valence-electron chi connectivity index (χ4n) is 1.05. The third kappa shape index (κ3) is 1.80. The van der Waals surface area contributed by atoms with Crippen LogP contribution in [0.5, 0.6) is 0 Å². The minimum atomic E-state index is -0.637. The van der Waals surface area contributed by atoms with E-state index >= 15 is 0 Å². The van der Waals surface area contributed by atoms with Gasteiger partial charge in [-0.1, -0.05) is 0 Å². The highest BCUT2D eigenvalue weighted by molar-refractivity contribution is 6.05. The molecule has 1 aromatic rings. The number of ketones is 1. The van der Waals surface area contributed by atoms with Gasteiger partial charge in [0.2, 0.25) is 0 Å². The summed E-state index contributed by atoms with van der Waals surface area (Å²) in [7, 11) is 2.84. The van der Waals surface area contributed by atoms with Gasteiger partial charge in [0.15, 0.2) is 11.5 Å². The van der Waals surface area contributed by atoms with Crippen molar-refractivity contribution in [3.05, 3.63) is 17.5 Å². The number of hydrogen-bond donors (Lipinski definition) is 1. The van der Waals surface area contributed by atoms with Gasteiger partial charge in [-0.05, 0) is 0 Å². The Hall–Kier alpha value is -1.69. The van der Waals surface area contributed by atoms with Crippen LogP contribution in [0.1, 0.15) is 20.8 Å². The summed E-state index contributed by atoms with van der Waals surface area (Å²) in [6.45, 7) is -0.157. The molecule has 2 N–H and O–H groups in total. The summed E-state index contributed by atoms with van der Waals surface area (Å²) >= 11 is 0. The molecule has 0 aliphatic heterocycles. The highest BCUT2D eigenvalue weighted by atomic mass is 16.5. The van der Waals surface area contributed by atoms with Gasteiger partial charge in [-0.15, -0.1) is 0 Å². The molecule has 0 saturated carbocycles. The van der Waals surface area contributed by atoms with Crippen molar-refractivity contribution >= 4 is 11.8 Å². The summed E-state index contributed by atoms with van der Waals surface area (Å²) in [6.07, 6.45) is 1.45. The Kier molecular flexibility index (Phi) is 2.98. The number of Topliss-reactive ketones (excluding diaryl/α,β-unsaturated/α-hetero) is 1.